The number of nitrogens with one attached hydrogen (secondary N) is 1. The fourth-order valence-electron chi connectivity index (χ4n) is 4.84. The normalized spacial score (nSPS) is 13.9. The molecule has 0 spiro atoms. The standard InChI is InChI=1S/C30H29ClN4O3/c1-38-29-11-3-20(19-33-29)2-10-28(36)34-24-7-4-21(5-8-24)22-13-16-35(17-14-22)30(37)23-6-9-25-26(31)12-15-32-27(25)18-23/h3-9,11-12,15,18-19,22H,2,10,13-14,16-17H2,1H3,(H,34,36). The highest BCUT2D eigenvalue weighted by Gasteiger charge is 2.25. The maximum atomic E-state index is 13.1. The maximum Gasteiger partial charge on any atom is 0.253 e. The molecule has 0 saturated carbocycles. The molecule has 2 aromatic heterocycles. The number of carbonyl (C=O) groups is 2. The Kier molecular flexibility index (Phi) is 7.84. The molecule has 3 heterocycles. The lowest BCUT2D eigenvalue weighted by atomic mass is 9.89. The van der Waals surface area contributed by atoms with E-state index in [2.05, 4.69) is 27.4 Å². The van der Waals surface area contributed by atoms with Crippen LogP contribution in [0.3, 0.4) is 0 Å². The highest BCUT2D eigenvalue weighted by Crippen LogP contribution is 2.30. The molecule has 38 heavy (non-hydrogen) atoms. The van der Waals surface area contributed by atoms with E-state index in [4.69, 9.17) is 16.3 Å². The average Bonchev–Trinajstić information content (AvgIpc) is 2.96. The summed E-state index contributed by atoms with van der Waals surface area (Å²) in [6.45, 7) is 1.40. The molecule has 0 radical (unpaired) electrons. The van der Waals surface area contributed by atoms with Crippen molar-refractivity contribution in [2.75, 3.05) is 25.5 Å². The van der Waals surface area contributed by atoms with Crippen molar-refractivity contribution in [3.63, 3.8) is 0 Å². The van der Waals surface area contributed by atoms with Crippen LogP contribution in [-0.2, 0) is 11.2 Å². The van der Waals surface area contributed by atoms with Gasteiger partial charge < -0.3 is 15.0 Å². The van der Waals surface area contributed by atoms with Crippen molar-refractivity contribution >= 4 is 40.0 Å². The number of hydrogen-bond acceptors (Lipinski definition) is 5. The summed E-state index contributed by atoms with van der Waals surface area (Å²) in [5, 5.41) is 4.45. The number of amides is 2. The Morgan fingerprint density at radius 2 is 1.82 bits per heavy atom. The van der Waals surface area contributed by atoms with Gasteiger partial charge in [-0.2, -0.15) is 0 Å². The SMILES string of the molecule is COc1ccc(CCC(=O)Nc2ccc(C3CCN(C(=O)c4ccc5c(Cl)ccnc5c4)CC3)cc2)cn1. The summed E-state index contributed by atoms with van der Waals surface area (Å²) in [6, 6.07) is 19.0. The number of fused-ring (bicyclic) bond motifs is 1. The molecule has 0 atom stereocenters. The zero-order chi connectivity index (χ0) is 26.5. The molecule has 194 valence electrons. The molecule has 0 unspecified atom stereocenters. The number of piperidine rings is 1. The fourth-order valence-corrected chi connectivity index (χ4v) is 5.06. The second-order valence-corrected chi connectivity index (χ2v) is 9.88. The number of hydrogen-bond donors (Lipinski definition) is 1. The molecule has 1 N–H and O–H groups in total. The first-order valence-corrected chi connectivity index (χ1v) is 13.1. The lowest BCUT2D eigenvalue weighted by molar-refractivity contribution is -0.116. The van der Waals surface area contributed by atoms with Crippen LogP contribution >= 0.6 is 11.6 Å². The first kappa shape index (κ1) is 25.7. The van der Waals surface area contributed by atoms with E-state index in [9.17, 15) is 9.59 Å². The van der Waals surface area contributed by atoms with Crippen molar-refractivity contribution in [2.24, 2.45) is 0 Å². The van der Waals surface area contributed by atoms with E-state index >= 15 is 0 Å². The van der Waals surface area contributed by atoms with Crippen molar-refractivity contribution in [3.05, 3.63) is 94.8 Å². The quantitative estimate of drug-likeness (QED) is 0.323. The molecule has 5 rings (SSSR count). The Labute approximate surface area is 226 Å². The van der Waals surface area contributed by atoms with Crippen molar-refractivity contribution in [2.45, 2.75) is 31.6 Å². The Morgan fingerprint density at radius 3 is 2.53 bits per heavy atom. The first-order valence-electron chi connectivity index (χ1n) is 12.7. The van der Waals surface area contributed by atoms with Crippen LogP contribution in [0.15, 0.2) is 73.1 Å². The number of nitrogens with zero attached hydrogens (tertiary/aromatic N) is 3. The molecule has 1 aliphatic heterocycles. The van der Waals surface area contributed by atoms with Crippen LogP contribution in [0.5, 0.6) is 5.88 Å². The van der Waals surface area contributed by atoms with Crippen LogP contribution in [-0.4, -0.2) is 46.9 Å². The second kappa shape index (κ2) is 11.6. The molecule has 1 aliphatic rings. The van der Waals surface area contributed by atoms with Crippen LogP contribution in [0, 0.1) is 0 Å². The highest BCUT2D eigenvalue weighted by atomic mass is 35.5. The summed E-state index contributed by atoms with van der Waals surface area (Å²) in [7, 11) is 1.58. The third-order valence-electron chi connectivity index (χ3n) is 7.03. The van der Waals surface area contributed by atoms with E-state index in [0.717, 1.165) is 35.0 Å². The van der Waals surface area contributed by atoms with E-state index in [1.807, 2.05) is 41.3 Å². The molecule has 2 amide bonds. The molecule has 7 nitrogen and oxygen atoms in total. The number of ether oxygens (including phenoxy) is 1. The van der Waals surface area contributed by atoms with E-state index in [1.54, 1.807) is 31.6 Å². The molecular formula is C30H29ClN4O3. The van der Waals surface area contributed by atoms with Crippen molar-refractivity contribution in [3.8, 4) is 5.88 Å². The number of aryl methyl sites for hydroxylation is 1. The molecule has 2 aromatic carbocycles. The van der Waals surface area contributed by atoms with E-state index < -0.39 is 0 Å². The van der Waals surface area contributed by atoms with Crippen molar-refractivity contribution in [1.82, 2.24) is 14.9 Å². The highest BCUT2D eigenvalue weighted by molar-refractivity contribution is 6.35. The van der Waals surface area contributed by atoms with E-state index in [-0.39, 0.29) is 11.8 Å². The number of halogens is 1. The molecule has 1 saturated heterocycles. The van der Waals surface area contributed by atoms with Gasteiger partial charge in [0.05, 0.1) is 17.6 Å². The maximum absolute atomic E-state index is 13.1. The summed E-state index contributed by atoms with van der Waals surface area (Å²) in [5.41, 5.74) is 4.35. The van der Waals surface area contributed by atoms with Crippen LogP contribution < -0.4 is 10.1 Å². The number of benzene rings is 2. The number of carbonyl (C=O) groups excluding carboxylic acids is 2. The van der Waals surface area contributed by atoms with Crippen LogP contribution in [0.2, 0.25) is 5.02 Å². The minimum absolute atomic E-state index is 0.0237. The molecule has 4 aromatic rings. The van der Waals surface area contributed by atoms with Gasteiger partial charge in [0.1, 0.15) is 0 Å². The van der Waals surface area contributed by atoms with Gasteiger partial charge in [-0.3, -0.25) is 14.6 Å². The number of likely N-dealkylation sites (tertiary alicyclic amines) is 1. The molecule has 8 heteroatoms. The van der Waals surface area contributed by atoms with Gasteiger partial charge in [0.15, 0.2) is 0 Å². The zero-order valence-electron chi connectivity index (χ0n) is 21.2. The van der Waals surface area contributed by atoms with Gasteiger partial charge in [-0.1, -0.05) is 35.9 Å². The van der Waals surface area contributed by atoms with Gasteiger partial charge in [-0.15, -0.1) is 0 Å². The Hall–Kier alpha value is -3.97. The number of rotatable bonds is 7. The Balaban J connectivity index is 1.11. The minimum atomic E-state index is -0.0356. The predicted octanol–water partition coefficient (Wildman–Crippen LogP) is 5.88. The van der Waals surface area contributed by atoms with E-state index in [0.29, 0.717) is 48.3 Å². The third-order valence-corrected chi connectivity index (χ3v) is 7.36. The van der Waals surface area contributed by atoms with Gasteiger partial charge in [-0.25, -0.2) is 4.98 Å². The summed E-state index contributed by atoms with van der Waals surface area (Å²) in [6.07, 6.45) is 6.16. The summed E-state index contributed by atoms with van der Waals surface area (Å²) >= 11 is 6.23. The van der Waals surface area contributed by atoms with Gasteiger partial charge in [0, 0.05) is 54.6 Å². The van der Waals surface area contributed by atoms with Crippen LogP contribution in [0.4, 0.5) is 5.69 Å². The van der Waals surface area contributed by atoms with Gasteiger partial charge >= 0.3 is 0 Å². The van der Waals surface area contributed by atoms with Crippen LogP contribution in [0.25, 0.3) is 10.9 Å². The number of methoxy groups -OCH3 is 1. The van der Waals surface area contributed by atoms with Gasteiger partial charge in [0.2, 0.25) is 11.8 Å². The number of anilines is 1. The Bertz CT molecular complexity index is 1430. The topological polar surface area (TPSA) is 84.4 Å². The zero-order valence-corrected chi connectivity index (χ0v) is 21.9. The summed E-state index contributed by atoms with van der Waals surface area (Å²) in [4.78, 5) is 35.9. The predicted molar refractivity (Wildman–Crippen MR) is 149 cm³/mol. The monoisotopic (exact) mass is 528 g/mol. The van der Waals surface area contributed by atoms with Crippen molar-refractivity contribution in [1.29, 1.82) is 0 Å². The average molecular weight is 529 g/mol. The smallest absolute Gasteiger partial charge is 0.253 e. The van der Waals surface area contributed by atoms with E-state index in [1.165, 1.54) is 5.56 Å². The summed E-state index contributed by atoms with van der Waals surface area (Å²) in [5.74, 6) is 0.925. The largest absolute Gasteiger partial charge is 0.481 e. The minimum Gasteiger partial charge on any atom is -0.481 e. The third kappa shape index (κ3) is 5.94. The lowest BCUT2D eigenvalue weighted by Crippen LogP contribution is -2.37. The van der Waals surface area contributed by atoms with Gasteiger partial charge in [-0.05, 0) is 66.6 Å². The second-order valence-electron chi connectivity index (χ2n) is 9.47. The summed E-state index contributed by atoms with van der Waals surface area (Å²) < 4.78 is 5.06. The number of aromatic nitrogens is 2. The number of pyridine rings is 2. The van der Waals surface area contributed by atoms with Crippen LogP contribution in [0.1, 0.15) is 46.7 Å². The molecule has 0 bridgehead atoms. The fraction of sp³-hybridized carbons (Fsp3) is 0.267. The first-order chi connectivity index (χ1) is 18.5. The Morgan fingerprint density at radius 1 is 1.03 bits per heavy atom. The molecule has 1 fully saturated rings. The lowest BCUT2D eigenvalue weighted by Gasteiger charge is -2.32. The van der Waals surface area contributed by atoms with Gasteiger partial charge in [0.25, 0.3) is 5.91 Å². The molecular weight excluding hydrogens is 500 g/mol. The molecule has 0 aliphatic carbocycles. The van der Waals surface area contributed by atoms with Crippen molar-refractivity contribution < 1.29 is 14.3 Å².